The van der Waals surface area contributed by atoms with Gasteiger partial charge in [-0.05, 0) is 41.5 Å². The molecule has 0 spiro atoms. The van der Waals surface area contributed by atoms with Crippen LogP contribution in [0.5, 0.6) is 0 Å². The summed E-state index contributed by atoms with van der Waals surface area (Å²) in [5.41, 5.74) is 14.8. The molecule has 0 saturated carbocycles. The topological polar surface area (TPSA) is 65.0 Å². The van der Waals surface area contributed by atoms with Gasteiger partial charge < -0.3 is 8.83 Å². The average molecular weight is 794 g/mol. The number of nitrogens with zero attached hydrogens (tertiary/aromatic N) is 3. The number of hydrogen-bond acceptors (Lipinski definition) is 5. The first-order chi connectivity index (χ1) is 30.7. The van der Waals surface area contributed by atoms with Crippen LogP contribution >= 0.6 is 0 Å². The first-order valence-electron chi connectivity index (χ1n) is 20.8. The molecular formula is C57H35N3O2. The molecule has 0 fully saturated rings. The van der Waals surface area contributed by atoms with Crippen molar-refractivity contribution in [2.45, 2.75) is 0 Å². The highest BCUT2D eigenvalue weighted by atomic mass is 16.3. The predicted molar refractivity (Wildman–Crippen MR) is 252 cm³/mol. The van der Waals surface area contributed by atoms with E-state index in [1.165, 1.54) is 0 Å². The lowest BCUT2D eigenvalue weighted by molar-refractivity contribution is 0.632. The van der Waals surface area contributed by atoms with E-state index >= 15 is 0 Å². The summed E-state index contributed by atoms with van der Waals surface area (Å²) in [6.45, 7) is 0. The van der Waals surface area contributed by atoms with Crippen molar-refractivity contribution >= 4 is 43.8 Å². The number of hydrogen-bond donors (Lipinski definition) is 0. The molecule has 12 rings (SSSR count). The molecule has 0 unspecified atom stereocenters. The zero-order valence-electron chi connectivity index (χ0n) is 33.4. The molecule has 0 radical (unpaired) electrons. The second kappa shape index (κ2) is 14.7. The van der Waals surface area contributed by atoms with Crippen molar-refractivity contribution in [2.24, 2.45) is 0 Å². The van der Waals surface area contributed by atoms with Gasteiger partial charge in [-0.15, -0.1) is 0 Å². The summed E-state index contributed by atoms with van der Waals surface area (Å²) >= 11 is 0. The maximum atomic E-state index is 7.23. The summed E-state index contributed by atoms with van der Waals surface area (Å²) in [6, 6.07) is 73.0. The molecule has 0 aliphatic rings. The number of benzene rings is 8. The van der Waals surface area contributed by atoms with Gasteiger partial charge in [-0.3, -0.25) is 0 Å². The van der Waals surface area contributed by atoms with Crippen LogP contribution in [0, 0.1) is 0 Å². The second-order valence-corrected chi connectivity index (χ2v) is 15.5. The lowest BCUT2D eigenvalue weighted by Crippen LogP contribution is -1.96. The minimum atomic E-state index is 0.683. The van der Waals surface area contributed by atoms with Crippen molar-refractivity contribution < 1.29 is 8.83 Å². The van der Waals surface area contributed by atoms with Crippen LogP contribution in [0.15, 0.2) is 221 Å². The third kappa shape index (κ3) is 6.06. The highest BCUT2D eigenvalue weighted by molar-refractivity contribution is 6.21. The molecule has 0 bridgehead atoms. The Balaban J connectivity index is 1.07. The number of pyridine rings is 1. The van der Waals surface area contributed by atoms with Crippen molar-refractivity contribution in [1.82, 2.24) is 15.0 Å². The number of furan rings is 2. The lowest BCUT2D eigenvalue weighted by Gasteiger charge is -2.11. The predicted octanol–water partition coefficient (Wildman–Crippen LogP) is 15.3. The molecule has 5 nitrogen and oxygen atoms in total. The summed E-state index contributed by atoms with van der Waals surface area (Å²) in [4.78, 5) is 15.4. The molecule has 0 atom stereocenters. The number of rotatable bonds is 7. The van der Waals surface area contributed by atoms with Gasteiger partial charge in [0.2, 0.25) is 0 Å². The van der Waals surface area contributed by atoms with Gasteiger partial charge in [0.25, 0.3) is 0 Å². The molecule has 0 aliphatic carbocycles. The van der Waals surface area contributed by atoms with Gasteiger partial charge in [-0.1, -0.05) is 182 Å². The lowest BCUT2D eigenvalue weighted by atomic mass is 9.93. The Kier molecular flexibility index (Phi) is 8.42. The van der Waals surface area contributed by atoms with Crippen LogP contribution < -0.4 is 0 Å². The smallest absolute Gasteiger partial charge is 0.162 e. The monoisotopic (exact) mass is 793 g/mol. The van der Waals surface area contributed by atoms with Crippen LogP contribution in [0.4, 0.5) is 0 Å². The quantitative estimate of drug-likeness (QED) is 0.161. The summed E-state index contributed by atoms with van der Waals surface area (Å²) < 4.78 is 14.0. The zero-order chi connectivity index (χ0) is 41.0. The summed E-state index contributed by atoms with van der Waals surface area (Å²) in [7, 11) is 0. The molecule has 12 aromatic rings. The maximum Gasteiger partial charge on any atom is 0.162 e. The molecule has 0 saturated heterocycles. The summed E-state index contributed by atoms with van der Waals surface area (Å²) in [5, 5.41) is 4.14. The second-order valence-electron chi connectivity index (χ2n) is 15.5. The van der Waals surface area contributed by atoms with Gasteiger partial charge in [0.05, 0.1) is 16.9 Å². The van der Waals surface area contributed by atoms with E-state index in [0.717, 1.165) is 117 Å². The maximum absolute atomic E-state index is 7.23. The molecule has 62 heavy (non-hydrogen) atoms. The normalized spacial score (nSPS) is 11.5. The Morgan fingerprint density at radius 3 is 1.65 bits per heavy atom. The fourth-order valence-electron chi connectivity index (χ4n) is 8.77. The first-order valence-corrected chi connectivity index (χ1v) is 20.8. The van der Waals surface area contributed by atoms with Gasteiger partial charge in [0.1, 0.15) is 22.6 Å². The minimum Gasteiger partial charge on any atom is -0.455 e. The van der Waals surface area contributed by atoms with Crippen LogP contribution in [0.3, 0.4) is 0 Å². The molecule has 290 valence electrons. The van der Waals surface area contributed by atoms with E-state index in [1.54, 1.807) is 0 Å². The third-order valence-corrected chi connectivity index (χ3v) is 11.7. The van der Waals surface area contributed by atoms with Crippen molar-refractivity contribution in [2.75, 3.05) is 0 Å². The minimum absolute atomic E-state index is 0.683. The standard InChI is InChI=1S/C57H35N3O2/c1-4-17-36(18-5-1)48-35-49(60-57(59-48)38-21-8-3-9-22-38)41-25-14-23-39(33-41)40-24-15-26-42(34-40)54-52(46-30-16-29-44-43-27-11-13-32-50(43)61-55(44)46)51-45-28-10-12-31-47(45)58-53(56(51)62-54)37-19-6-2-7-20-37/h1-35H. The number of para-hydroxylation sites is 3. The third-order valence-electron chi connectivity index (χ3n) is 11.7. The van der Waals surface area contributed by atoms with E-state index in [0.29, 0.717) is 5.82 Å². The Bertz CT molecular complexity index is 3570. The molecular weight excluding hydrogens is 759 g/mol. The van der Waals surface area contributed by atoms with Crippen LogP contribution in [-0.4, -0.2) is 15.0 Å². The molecule has 0 aliphatic heterocycles. The van der Waals surface area contributed by atoms with Gasteiger partial charge in [-0.2, -0.15) is 0 Å². The van der Waals surface area contributed by atoms with E-state index in [9.17, 15) is 0 Å². The fraction of sp³-hybridized carbons (Fsp3) is 0. The van der Waals surface area contributed by atoms with E-state index in [-0.39, 0.29) is 0 Å². The molecule has 4 aromatic heterocycles. The largest absolute Gasteiger partial charge is 0.455 e. The Hall–Kier alpha value is -8.41. The van der Waals surface area contributed by atoms with E-state index in [4.69, 9.17) is 23.8 Å². The molecule has 0 N–H and O–H groups in total. The van der Waals surface area contributed by atoms with Gasteiger partial charge >= 0.3 is 0 Å². The van der Waals surface area contributed by atoms with Crippen molar-refractivity contribution in [3.05, 3.63) is 212 Å². The SMILES string of the molecule is c1ccc(-c2cc(-c3cccc(-c4cccc(-c5oc6c(-c7ccccc7)nc7ccccc7c6c5-c5cccc6c5oc5ccccc56)c4)c3)nc(-c3ccccc3)n2)cc1. The summed E-state index contributed by atoms with van der Waals surface area (Å²) in [5.74, 6) is 1.43. The highest BCUT2D eigenvalue weighted by Gasteiger charge is 2.27. The van der Waals surface area contributed by atoms with Gasteiger partial charge in [0, 0.05) is 60.5 Å². The fourth-order valence-corrected chi connectivity index (χ4v) is 8.77. The van der Waals surface area contributed by atoms with Crippen molar-refractivity contribution in [3.63, 3.8) is 0 Å². The molecule has 4 heterocycles. The first kappa shape index (κ1) is 35.5. The average Bonchev–Trinajstić information content (AvgIpc) is 3.95. The summed E-state index contributed by atoms with van der Waals surface area (Å²) in [6.07, 6.45) is 0. The molecule has 5 heteroatoms. The van der Waals surface area contributed by atoms with Crippen molar-refractivity contribution in [3.8, 4) is 78.7 Å². The van der Waals surface area contributed by atoms with Crippen LogP contribution in [0.1, 0.15) is 0 Å². The van der Waals surface area contributed by atoms with Crippen LogP contribution in [0.25, 0.3) is 123 Å². The van der Waals surface area contributed by atoms with Crippen LogP contribution in [-0.2, 0) is 0 Å². The Morgan fingerprint density at radius 2 is 0.887 bits per heavy atom. The number of fused-ring (bicyclic) bond motifs is 6. The van der Waals surface area contributed by atoms with E-state index < -0.39 is 0 Å². The van der Waals surface area contributed by atoms with E-state index in [1.807, 2.05) is 72.8 Å². The highest BCUT2D eigenvalue weighted by Crippen LogP contribution is 2.49. The zero-order valence-corrected chi connectivity index (χ0v) is 33.4. The van der Waals surface area contributed by atoms with Gasteiger partial charge in [-0.25, -0.2) is 15.0 Å². The molecule has 8 aromatic carbocycles. The van der Waals surface area contributed by atoms with Gasteiger partial charge in [0.15, 0.2) is 11.4 Å². The Labute approximate surface area is 357 Å². The van der Waals surface area contributed by atoms with E-state index in [2.05, 4.69) is 140 Å². The Morgan fingerprint density at radius 1 is 0.339 bits per heavy atom. The number of aromatic nitrogens is 3. The molecule has 0 amide bonds. The van der Waals surface area contributed by atoms with Crippen molar-refractivity contribution in [1.29, 1.82) is 0 Å². The van der Waals surface area contributed by atoms with Crippen LogP contribution in [0.2, 0.25) is 0 Å².